The van der Waals surface area contributed by atoms with E-state index in [1.807, 2.05) is 12.1 Å². The highest BCUT2D eigenvalue weighted by molar-refractivity contribution is 9.11. The Morgan fingerprint density at radius 3 is 2.29 bits per heavy atom. The summed E-state index contributed by atoms with van der Waals surface area (Å²) in [5, 5.41) is 3.25. The zero-order chi connectivity index (χ0) is 15.4. The van der Waals surface area contributed by atoms with Crippen LogP contribution in [0.25, 0.3) is 0 Å². The topological polar surface area (TPSA) is 30.5 Å². The molecule has 0 heterocycles. The van der Waals surface area contributed by atoms with Crippen LogP contribution in [0.15, 0.2) is 39.3 Å². The molecule has 6 heteroatoms. The van der Waals surface area contributed by atoms with Gasteiger partial charge in [-0.1, -0.05) is 15.9 Å². The summed E-state index contributed by atoms with van der Waals surface area (Å²) in [5.74, 6) is 1.05. The van der Waals surface area contributed by atoms with E-state index in [0.717, 1.165) is 15.7 Å². The summed E-state index contributed by atoms with van der Waals surface area (Å²) < 4.78 is 25.2. The fourth-order valence-electron chi connectivity index (χ4n) is 1.86. The van der Waals surface area contributed by atoms with Crippen LogP contribution in [0.1, 0.15) is 5.56 Å². The molecule has 0 spiro atoms. The van der Waals surface area contributed by atoms with Crippen molar-refractivity contribution >= 4 is 37.5 Å². The Bertz CT molecular complexity index is 650. The summed E-state index contributed by atoms with van der Waals surface area (Å²) in [6, 6.07) is 8.28. The maximum atomic E-state index is 13.1. The molecule has 0 aliphatic carbocycles. The van der Waals surface area contributed by atoms with Crippen LogP contribution in [-0.2, 0) is 6.54 Å². The molecule has 112 valence electrons. The van der Waals surface area contributed by atoms with Crippen LogP contribution >= 0.6 is 31.9 Å². The lowest BCUT2D eigenvalue weighted by Crippen LogP contribution is -2.02. The molecule has 0 aliphatic rings. The van der Waals surface area contributed by atoms with Crippen molar-refractivity contribution in [2.24, 2.45) is 0 Å². The SMILES string of the molecule is COc1cc(Br)c(CNc2ccc(F)cc2Br)cc1OC. The minimum Gasteiger partial charge on any atom is -0.493 e. The van der Waals surface area contributed by atoms with Crippen LogP contribution in [0.3, 0.4) is 0 Å². The maximum Gasteiger partial charge on any atom is 0.161 e. The number of benzene rings is 2. The third-order valence-electron chi connectivity index (χ3n) is 2.95. The van der Waals surface area contributed by atoms with Gasteiger partial charge in [-0.05, 0) is 51.8 Å². The maximum absolute atomic E-state index is 13.1. The molecule has 2 aromatic carbocycles. The van der Waals surface area contributed by atoms with Crippen LogP contribution < -0.4 is 14.8 Å². The molecule has 1 N–H and O–H groups in total. The van der Waals surface area contributed by atoms with E-state index in [4.69, 9.17) is 9.47 Å². The van der Waals surface area contributed by atoms with E-state index >= 15 is 0 Å². The van der Waals surface area contributed by atoms with Crippen molar-refractivity contribution in [3.8, 4) is 11.5 Å². The van der Waals surface area contributed by atoms with Gasteiger partial charge in [-0.3, -0.25) is 0 Å². The molecular weight excluding hydrogens is 405 g/mol. The van der Waals surface area contributed by atoms with E-state index in [9.17, 15) is 4.39 Å². The molecule has 0 saturated heterocycles. The number of rotatable bonds is 5. The number of hydrogen-bond donors (Lipinski definition) is 1. The molecule has 0 amide bonds. The van der Waals surface area contributed by atoms with E-state index in [1.165, 1.54) is 12.1 Å². The van der Waals surface area contributed by atoms with Gasteiger partial charge in [0.05, 0.1) is 14.2 Å². The number of hydrogen-bond acceptors (Lipinski definition) is 3. The summed E-state index contributed by atoms with van der Waals surface area (Å²) in [4.78, 5) is 0. The van der Waals surface area contributed by atoms with Crippen molar-refractivity contribution in [1.82, 2.24) is 0 Å². The highest BCUT2D eigenvalue weighted by atomic mass is 79.9. The Kier molecular flexibility index (Phi) is 5.47. The Morgan fingerprint density at radius 2 is 1.67 bits per heavy atom. The molecule has 0 saturated carbocycles. The second kappa shape index (κ2) is 7.13. The normalized spacial score (nSPS) is 10.3. The molecule has 0 aliphatic heterocycles. The molecule has 2 aromatic rings. The Labute approximate surface area is 139 Å². The highest BCUT2D eigenvalue weighted by Crippen LogP contribution is 2.34. The lowest BCUT2D eigenvalue weighted by Gasteiger charge is -2.14. The van der Waals surface area contributed by atoms with Gasteiger partial charge in [0, 0.05) is 21.2 Å². The zero-order valence-electron chi connectivity index (χ0n) is 11.5. The largest absolute Gasteiger partial charge is 0.493 e. The second-order valence-corrected chi connectivity index (χ2v) is 5.98. The minimum atomic E-state index is -0.278. The number of ether oxygens (including phenoxy) is 2. The van der Waals surface area contributed by atoms with Crippen LogP contribution in [0, 0.1) is 5.82 Å². The third-order valence-corrected chi connectivity index (χ3v) is 4.35. The summed E-state index contributed by atoms with van der Waals surface area (Å²) in [7, 11) is 3.19. The van der Waals surface area contributed by atoms with Gasteiger partial charge in [0.2, 0.25) is 0 Å². The van der Waals surface area contributed by atoms with Gasteiger partial charge in [-0.2, -0.15) is 0 Å². The zero-order valence-corrected chi connectivity index (χ0v) is 14.7. The summed E-state index contributed by atoms with van der Waals surface area (Å²) in [6.07, 6.45) is 0. The molecular formula is C15H14Br2FNO2. The lowest BCUT2D eigenvalue weighted by molar-refractivity contribution is 0.354. The first-order valence-corrected chi connectivity index (χ1v) is 7.73. The summed E-state index contributed by atoms with van der Waals surface area (Å²) in [5.41, 5.74) is 1.82. The third kappa shape index (κ3) is 3.89. The first-order valence-electron chi connectivity index (χ1n) is 6.14. The number of nitrogens with one attached hydrogen (secondary N) is 1. The van der Waals surface area contributed by atoms with E-state index in [2.05, 4.69) is 37.2 Å². The van der Waals surface area contributed by atoms with Gasteiger partial charge in [0.25, 0.3) is 0 Å². The van der Waals surface area contributed by atoms with Crippen LogP contribution in [0.2, 0.25) is 0 Å². The Balaban J connectivity index is 2.19. The van der Waals surface area contributed by atoms with Gasteiger partial charge in [0.15, 0.2) is 11.5 Å². The highest BCUT2D eigenvalue weighted by Gasteiger charge is 2.10. The molecule has 0 unspecified atom stereocenters. The number of halogens is 3. The number of methoxy groups -OCH3 is 2. The van der Waals surface area contributed by atoms with E-state index < -0.39 is 0 Å². The van der Waals surface area contributed by atoms with Gasteiger partial charge in [-0.15, -0.1) is 0 Å². The lowest BCUT2D eigenvalue weighted by atomic mass is 10.2. The predicted molar refractivity (Wildman–Crippen MR) is 88.7 cm³/mol. The Morgan fingerprint density at radius 1 is 1.00 bits per heavy atom. The van der Waals surface area contributed by atoms with E-state index in [0.29, 0.717) is 22.5 Å². The van der Waals surface area contributed by atoms with E-state index in [-0.39, 0.29) is 5.82 Å². The van der Waals surface area contributed by atoms with E-state index in [1.54, 1.807) is 20.3 Å². The smallest absolute Gasteiger partial charge is 0.161 e. The first kappa shape index (κ1) is 16.1. The van der Waals surface area contributed by atoms with Crippen molar-refractivity contribution in [2.75, 3.05) is 19.5 Å². The van der Waals surface area contributed by atoms with Crippen molar-refractivity contribution in [3.05, 3.63) is 50.7 Å². The fourth-order valence-corrected chi connectivity index (χ4v) is 2.81. The van der Waals surface area contributed by atoms with Crippen LogP contribution in [-0.4, -0.2) is 14.2 Å². The Hall–Kier alpha value is -1.27. The monoisotopic (exact) mass is 417 g/mol. The minimum absolute atomic E-state index is 0.278. The molecule has 0 radical (unpaired) electrons. The van der Waals surface area contributed by atoms with Crippen molar-refractivity contribution in [1.29, 1.82) is 0 Å². The molecule has 0 bridgehead atoms. The first-order chi connectivity index (χ1) is 10.0. The fraction of sp³-hybridized carbons (Fsp3) is 0.200. The van der Waals surface area contributed by atoms with Crippen molar-refractivity contribution in [3.63, 3.8) is 0 Å². The van der Waals surface area contributed by atoms with Gasteiger partial charge in [-0.25, -0.2) is 4.39 Å². The summed E-state index contributed by atoms with van der Waals surface area (Å²) >= 11 is 6.84. The molecule has 0 fully saturated rings. The van der Waals surface area contributed by atoms with Gasteiger partial charge >= 0.3 is 0 Å². The van der Waals surface area contributed by atoms with Crippen molar-refractivity contribution < 1.29 is 13.9 Å². The standard InChI is InChI=1S/C15H14Br2FNO2/c1-20-14-5-9(11(16)7-15(14)21-2)8-19-13-4-3-10(18)6-12(13)17/h3-7,19H,8H2,1-2H3. The second-order valence-electron chi connectivity index (χ2n) is 4.28. The number of anilines is 1. The molecule has 2 rings (SSSR count). The average molecular weight is 419 g/mol. The van der Waals surface area contributed by atoms with Gasteiger partial charge in [0.1, 0.15) is 5.82 Å². The quantitative estimate of drug-likeness (QED) is 0.742. The molecule has 3 nitrogen and oxygen atoms in total. The van der Waals surface area contributed by atoms with Crippen molar-refractivity contribution in [2.45, 2.75) is 6.54 Å². The predicted octanol–water partition coefficient (Wildman–Crippen LogP) is 4.98. The van der Waals surface area contributed by atoms with Crippen LogP contribution in [0.5, 0.6) is 11.5 Å². The summed E-state index contributed by atoms with van der Waals surface area (Å²) in [6.45, 7) is 0.561. The molecule has 21 heavy (non-hydrogen) atoms. The average Bonchev–Trinajstić information content (AvgIpc) is 2.47. The van der Waals surface area contributed by atoms with Crippen LogP contribution in [0.4, 0.5) is 10.1 Å². The molecule has 0 aromatic heterocycles. The molecule has 0 atom stereocenters. The van der Waals surface area contributed by atoms with Gasteiger partial charge < -0.3 is 14.8 Å².